The molecule has 2 aromatic rings. The van der Waals surface area contributed by atoms with Crippen LogP contribution in [0.2, 0.25) is 15.1 Å². The third-order valence-corrected chi connectivity index (χ3v) is 5.80. The van der Waals surface area contributed by atoms with Gasteiger partial charge in [0, 0.05) is 37.2 Å². The molecule has 0 saturated carbocycles. The lowest BCUT2D eigenvalue weighted by Crippen LogP contribution is -2.37. The number of hydrogen-bond acceptors (Lipinski definition) is 6. The highest BCUT2D eigenvalue weighted by Crippen LogP contribution is 2.35. The van der Waals surface area contributed by atoms with Gasteiger partial charge in [0.15, 0.2) is 5.75 Å². The molecule has 0 N–H and O–H groups in total. The van der Waals surface area contributed by atoms with Crippen molar-refractivity contribution in [2.75, 3.05) is 32.9 Å². The molecule has 1 amide bonds. The second kappa shape index (κ2) is 14.7. The minimum absolute atomic E-state index is 0.0491. The first kappa shape index (κ1) is 30.2. The minimum atomic E-state index is -0.366. The lowest BCUT2D eigenvalue weighted by atomic mass is 10.0. The number of nitrogens with zero attached hydrogens (tertiary/aromatic N) is 3. The normalized spacial score (nSPS) is 14.0. The Kier molecular flexibility index (Phi) is 12.3. The lowest BCUT2D eigenvalue weighted by Gasteiger charge is -2.26. The van der Waals surface area contributed by atoms with E-state index in [-0.39, 0.29) is 30.1 Å². The molecular weight excluding hydrogens is 529 g/mol. The van der Waals surface area contributed by atoms with Gasteiger partial charge in [0.25, 0.3) is 0 Å². The maximum Gasteiger partial charge on any atom is 0.329 e. The fourth-order valence-corrected chi connectivity index (χ4v) is 4.28. The van der Waals surface area contributed by atoms with Crippen LogP contribution in [-0.2, 0) is 14.3 Å². The summed E-state index contributed by atoms with van der Waals surface area (Å²) in [7, 11) is 0. The van der Waals surface area contributed by atoms with Gasteiger partial charge in [-0.2, -0.15) is 0 Å². The number of esters is 1. The van der Waals surface area contributed by atoms with Crippen LogP contribution in [0.4, 0.5) is 4.79 Å². The largest absolute Gasteiger partial charge is 0.489 e. The summed E-state index contributed by atoms with van der Waals surface area (Å²) in [6.07, 6.45) is 7.08. The molecule has 3 rings (SSSR count). The smallest absolute Gasteiger partial charge is 0.329 e. The average molecular weight is 563 g/mol. The van der Waals surface area contributed by atoms with E-state index in [0.29, 0.717) is 47.1 Å². The Bertz CT molecular complexity index is 951. The van der Waals surface area contributed by atoms with E-state index >= 15 is 0 Å². The number of halogens is 3. The van der Waals surface area contributed by atoms with Crippen LogP contribution >= 0.6 is 34.8 Å². The molecule has 200 valence electrons. The molecule has 0 bridgehead atoms. The van der Waals surface area contributed by atoms with Crippen molar-refractivity contribution in [1.29, 1.82) is 0 Å². The summed E-state index contributed by atoms with van der Waals surface area (Å²) in [6.45, 7) is 10.3. The first-order valence-electron chi connectivity index (χ1n) is 11.9. The lowest BCUT2D eigenvalue weighted by molar-refractivity contribution is -0.163. The molecular formula is C25H34Cl3N3O5. The third kappa shape index (κ3) is 10.2. The third-order valence-electron chi connectivity index (χ3n) is 5.02. The molecule has 1 fully saturated rings. The first-order chi connectivity index (χ1) is 17.0. The SMILES string of the molecule is CC(C)(C)OC(=O)C1CCOCC1.CCCN(CCOc1c(Cl)cc(Cl)cc1Cl)C(=O)n1ccnc1. The molecule has 2 heterocycles. The number of carbonyl (C=O) groups excluding carboxylic acids is 2. The van der Waals surface area contributed by atoms with E-state index in [1.165, 1.54) is 10.9 Å². The fraction of sp³-hybridized carbons (Fsp3) is 0.560. The molecule has 0 unspecified atom stereocenters. The number of aromatic nitrogens is 2. The topological polar surface area (TPSA) is 82.9 Å². The van der Waals surface area contributed by atoms with Crippen LogP contribution in [-0.4, -0.2) is 65.0 Å². The zero-order chi connectivity index (χ0) is 26.7. The van der Waals surface area contributed by atoms with Gasteiger partial charge in [-0.25, -0.2) is 9.78 Å². The van der Waals surface area contributed by atoms with Crippen LogP contribution in [0, 0.1) is 5.92 Å². The molecule has 1 aliphatic heterocycles. The van der Waals surface area contributed by atoms with E-state index in [0.717, 1.165) is 19.3 Å². The number of rotatable bonds is 7. The van der Waals surface area contributed by atoms with Crippen molar-refractivity contribution in [2.45, 2.75) is 52.6 Å². The van der Waals surface area contributed by atoms with Crippen molar-refractivity contribution < 1.29 is 23.8 Å². The Labute approximate surface area is 227 Å². The van der Waals surface area contributed by atoms with Gasteiger partial charge < -0.3 is 19.1 Å². The highest BCUT2D eigenvalue weighted by molar-refractivity contribution is 6.40. The highest BCUT2D eigenvalue weighted by atomic mass is 35.5. The maximum atomic E-state index is 12.3. The first-order valence-corrected chi connectivity index (χ1v) is 13.0. The quantitative estimate of drug-likeness (QED) is 0.365. The fourth-order valence-electron chi connectivity index (χ4n) is 3.35. The second-order valence-electron chi connectivity index (χ2n) is 9.21. The Morgan fingerprint density at radius 3 is 2.31 bits per heavy atom. The van der Waals surface area contributed by atoms with Crippen LogP contribution in [0.1, 0.15) is 47.0 Å². The minimum Gasteiger partial charge on any atom is -0.489 e. The van der Waals surface area contributed by atoms with E-state index in [9.17, 15) is 9.59 Å². The van der Waals surface area contributed by atoms with Crippen LogP contribution in [0.5, 0.6) is 5.75 Å². The highest BCUT2D eigenvalue weighted by Gasteiger charge is 2.26. The Morgan fingerprint density at radius 2 is 1.78 bits per heavy atom. The van der Waals surface area contributed by atoms with Crippen LogP contribution in [0.25, 0.3) is 0 Å². The Balaban J connectivity index is 0.000000297. The zero-order valence-electron chi connectivity index (χ0n) is 21.1. The molecule has 1 aromatic carbocycles. The van der Waals surface area contributed by atoms with Gasteiger partial charge in [0.1, 0.15) is 18.5 Å². The molecule has 36 heavy (non-hydrogen) atoms. The summed E-state index contributed by atoms with van der Waals surface area (Å²) in [5, 5.41) is 1.12. The zero-order valence-corrected chi connectivity index (χ0v) is 23.4. The van der Waals surface area contributed by atoms with E-state index in [2.05, 4.69) is 4.98 Å². The molecule has 1 aromatic heterocycles. The standard InChI is InChI=1S/C15H16Cl3N3O2.C10H18O3/c1-2-4-20(15(22)21-5-3-19-10-21)6-7-23-14-12(17)8-11(16)9-13(14)18;1-10(2,3)13-9(11)8-4-6-12-7-5-8/h3,5,8-10H,2,4,6-7H2,1H3;8H,4-7H2,1-3H3. The molecule has 8 nitrogen and oxygen atoms in total. The maximum absolute atomic E-state index is 12.3. The van der Waals surface area contributed by atoms with Gasteiger partial charge in [0.2, 0.25) is 0 Å². The number of ether oxygens (including phenoxy) is 3. The van der Waals surface area contributed by atoms with Crippen molar-refractivity contribution in [3.8, 4) is 5.75 Å². The van der Waals surface area contributed by atoms with Gasteiger partial charge in [0.05, 0.1) is 22.5 Å². The number of hydrogen-bond donors (Lipinski definition) is 0. The van der Waals surface area contributed by atoms with Crippen molar-refractivity contribution in [1.82, 2.24) is 14.5 Å². The molecule has 1 aliphatic rings. The summed E-state index contributed by atoms with van der Waals surface area (Å²) in [4.78, 5) is 29.4. The predicted molar refractivity (Wildman–Crippen MR) is 141 cm³/mol. The van der Waals surface area contributed by atoms with E-state index in [4.69, 9.17) is 49.0 Å². The molecule has 0 radical (unpaired) electrons. The van der Waals surface area contributed by atoms with Gasteiger partial charge in [-0.3, -0.25) is 9.36 Å². The monoisotopic (exact) mass is 561 g/mol. The van der Waals surface area contributed by atoms with Crippen molar-refractivity contribution in [2.24, 2.45) is 5.92 Å². The molecule has 0 spiro atoms. The number of benzene rings is 1. The molecule has 0 aliphatic carbocycles. The Morgan fingerprint density at radius 1 is 1.14 bits per heavy atom. The predicted octanol–water partition coefficient (Wildman–Crippen LogP) is 6.36. The summed E-state index contributed by atoms with van der Waals surface area (Å²) in [5.41, 5.74) is -0.366. The molecule has 11 heteroatoms. The summed E-state index contributed by atoms with van der Waals surface area (Å²) in [5.74, 6) is 0.341. The van der Waals surface area contributed by atoms with E-state index in [1.54, 1.807) is 29.4 Å². The summed E-state index contributed by atoms with van der Waals surface area (Å²) >= 11 is 18.0. The molecule has 1 saturated heterocycles. The van der Waals surface area contributed by atoms with E-state index < -0.39 is 0 Å². The van der Waals surface area contributed by atoms with E-state index in [1.807, 2.05) is 27.7 Å². The number of amides is 1. The van der Waals surface area contributed by atoms with Crippen LogP contribution in [0.15, 0.2) is 30.9 Å². The van der Waals surface area contributed by atoms with Gasteiger partial charge in [-0.05, 0) is 52.2 Å². The summed E-state index contributed by atoms with van der Waals surface area (Å²) < 4.78 is 17.5. The Hall–Kier alpha value is -2.00. The van der Waals surface area contributed by atoms with Gasteiger partial charge in [-0.1, -0.05) is 41.7 Å². The number of carbonyl (C=O) groups is 2. The number of imidazole rings is 1. The van der Waals surface area contributed by atoms with Crippen LogP contribution in [0.3, 0.4) is 0 Å². The molecule has 0 atom stereocenters. The average Bonchev–Trinajstić information content (AvgIpc) is 3.34. The van der Waals surface area contributed by atoms with Crippen molar-refractivity contribution in [3.63, 3.8) is 0 Å². The summed E-state index contributed by atoms with van der Waals surface area (Å²) in [6, 6.07) is 2.97. The van der Waals surface area contributed by atoms with Crippen molar-refractivity contribution in [3.05, 3.63) is 45.9 Å². The van der Waals surface area contributed by atoms with Crippen molar-refractivity contribution >= 4 is 46.8 Å². The van der Waals surface area contributed by atoms with Gasteiger partial charge >= 0.3 is 12.0 Å². The second-order valence-corrected chi connectivity index (χ2v) is 10.5. The van der Waals surface area contributed by atoms with Crippen LogP contribution < -0.4 is 4.74 Å². The van der Waals surface area contributed by atoms with Gasteiger partial charge in [-0.15, -0.1) is 0 Å².